The number of carbonyl (C=O) groups excluding carboxylic acids is 2. The predicted molar refractivity (Wildman–Crippen MR) is 116 cm³/mol. The number of benzene rings is 2. The number of carbonyl (C=O) groups is 2. The highest BCUT2D eigenvalue weighted by Crippen LogP contribution is 2.24. The lowest BCUT2D eigenvalue weighted by Crippen LogP contribution is -2.34. The molecule has 0 saturated carbocycles. The number of ether oxygens (including phenoxy) is 2. The first-order valence-corrected chi connectivity index (χ1v) is 10.5. The van der Waals surface area contributed by atoms with Crippen LogP contribution in [0.3, 0.4) is 0 Å². The molecule has 0 spiro atoms. The summed E-state index contributed by atoms with van der Waals surface area (Å²) in [6.07, 6.45) is -9.13. The van der Waals surface area contributed by atoms with Crippen molar-refractivity contribution >= 4 is 17.9 Å². The van der Waals surface area contributed by atoms with E-state index in [-0.39, 0.29) is 42.2 Å². The second kappa shape index (κ2) is 12.8. The summed E-state index contributed by atoms with van der Waals surface area (Å²) in [5.41, 5.74) is 2.20. The summed E-state index contributed by atoms with van der Waals surface area (Å²) >= 11 is 0. The minimum Gasteiger partial charge on any atom is -0.494 e. The molecule has 0 unspecified atom stereocenters. The van der Waals surface area contributed by atoms with E-state index in [1.807, 2.05) is 0 Å². The van der Waals surface area contributed by atoms with Crippen LogP contribution in [0.15, 0.2) is 54.2 Å². The van der Waals surface area contributed by atoms with Crippen molar-refractivity contribution in [2.24, 2.45) is 0 Å². The van der Waals surface area contributed by atoms with Crippen molar-refractivity contribution in [3.05, 3.63) is 65.4 Å². The molecular weight excluding hydrogens is 498 g/mol. The maximum atomic E-state index is 12.6. The van der Waals surface area contributed by atoms with Gasteiger partial charge >= 0.3 is 12.5 Å². The fraction of sp³-hybridized carbons (Fsp3) is 0.304. The highest BCUT2D eigenvalue weighted by molar-refractivity contribution is 6.05. The quantitative estimate of drug-likeness (QED) is 0.185. The van der Waals surface area contributed by atoms with Crippen LogP contribution >= 0.6 is 0 Å². The molecule has 0 aliphatic heterocycles. The molecule has 196 valence electrons. The summed E-state index contributed by atoms with van der Waals surface area (Å²) < 4.78 is 82.5. The third-order valence-corrected chi connectivity index (χ3v) is 4.22. The van der Waals surface area contributed by atoms with Crippen LogP contribution in [0, 0.1) is 0 Å². The van der Waals surface area contributed by atoms with Gasteiger partial charge < -0.3 is 14.8 Å². The number of rotatable bonds is 11. The molecule has 0 atom stereocenters. The fourth-order valence-electron chi connectivity index (χ4n) is 2.64. The molecule has 2 N–H and O–H groups in total. The van der Waals surface area contributed by atoms with Crippen molar-refractivity contribution in [1.82, 2.24) is 10.8 Å². The minimum absolute atomic E-state index is 0.0988. The van der Waals surface area contributed by atoms with Gasteiger partial charge in [0.05, 0.1) is 13.2 Å². The number of hydroxylamine groups is 1. The molecule has 0 aromatic heterocycles. The zero-order valence-corrected chi connectivity index (χ0v) is 18.8. The Morgan fingerprint density at radius 2 is 1.53 bits per heavy atom. The third kappa shape index (κ3) is 10.7. The van der Waals surface area contributed by atoms with E-state index < -0.39 is 36.5 Å². The SMILES string of the molecule is CCONC(=O)C(=Cc1ccc(OC(F)(F)F)cc1)NC(=O)c1ccc(OCCCC(F)(F)F)cc1. The van der Waals surface area contributed by atoms with Gasteiger partial charge in [-0.25, -0.2) is 5.48 Å². The molecule has 13 heteroatoms. The van der Waals surface area contributed by atoms with E-state index in [1.165, 1.54) is 42.5 Å². The first-order chi connectivity index (χ1) is 16.9. The van der Waals surface area contributed by atoms with E-state index in [2.05, 4.69) is 15.5 Å². The van der Waals surface area contributed by atoms with Crippen LogP contribution < -0.4 is 20.3 Å². The van der Waals surface area contributed by atoms with Crippen LogP contribution in [0.4, 0.5) is 26.3 Å². The topological polar surface area (TPSA) is 85.9 Å². The van der Waals surface area contributed by atoms with Crippen LogP contribution in [0.2, 0.25) is 0 Å². The Bertz CT molecular complexity index is 1030. The molecule has 36 heavy (non-hydrogen) atoms. The van der Waals surface area contributed by atoms with Gasteiger partial charge in [-0.05, 0) is 61.4 Å². The maximum absolute atomic E-state index is 12.6. The molecule has 0 aliphatic carbocycles. The zero-order chi connectivity index (χ0) is 26.8. The number of nitrogens with one attached hydrogen (secondary N) is 2. The van der Waals surface area contributed by atoms with E-state index in [9.17, 15) is 35.9 Å². The van der Waals surface area contributed by atoms with Crippen LogP contribution in [-0.4, -0.2) is 37.6 Å². The van der Waals surface area contributed by atoms with Gasteiger partial charge in [-0.3, -0.25) is 14.4 Å². The Hall–Kier alpha value is -3.74. The maximum Gasteiger partial charge on any atom is 0.573 e. The lowest BCUT2D eigenvalue weighted by molar-refractivity contribution is -0.274. The number of hydrogen-bond donors (Lipinski definition) is 2. The molecule has 0 radical (unpaired) electrons. The largest absolute Gasteiger partial charge is 0.573 e. The van der Waals surface area contributed by atoms with Crippen LogP contribution in [0.25, 0.3) is 6.08 Å². The van der Waals surface area contributed by atoms with Crippen molar-refractivity contribution in [2.45, 2.75) is 32.3 Å². The summed E-state index contributed by atoms with van der Waals surface area (Å²) in [6.45, 7) is 1.57. The Kier molecular flexibility index (Phi) is 10.1. The Morgan fingerprint density at radius 1 is 0.917 bits per heavy atom. The molecule has 7 nitrogen and oxygen atoms in total. The molecule has 2 aromatic rings. The van der Waals surface area contributed by atoms with Gasteiger partial charge in [-0.1, -0.05) is 12.1 Å². The average Bonchev–Trinajstić information content (AvgIpc) is 2.80. The van der Waals surface area contributed by atoms with Gasteiger partial charge in [0.15, 0.2) is 0 Å². The van der Waals surface area contributed by atoms with Crippen molar-refractivity contribution in [3.63, 3.8) is 0 Å². The third-order valence-electron chi connectivity index (χ3n) is 4.22. The minimum atomic E-state index is -4.86. The summed E-state index contributed by atoms with van der Waals surface area (Å²) in [5, 5.41) is 2.38. The Morgan fingerprint density at radius 3 is 2.08 bits per heavy atom. The average molecular weight is 520 g/mol. The van der Waals surface area contributed by atoms with Gasteiger partial charge in [0, 0.05) is 12.0 Å². The monoisotopic (exact) mass is 520 g/mol. The molecular formula is C23H22F6N2O5. The first kappa shape index (κ1) is 28.5. The molecule has 0 bridgehead atoms. The van der Waals surface area contributed by atoms with Crippen molar-refractivity contribution in [2.75, 3.05) is 13.2 Å². The van der Waals surface area contributed by atoms with Crippen LogP contribution in [0.5, 0.6) is 11.5 Å². The smallest absolute Gasteiger partial charge is 0.494 e. The highest BCUT2D eigenvalue weighted by Gasteiger charge is 2.31. The molecule has 2 amide bonds. The number of hydrogen-bond acceptors (Lipinski definition) is 5. The second-order valence-electron chi connectivity index (χ2n) is 7.08. The fourth-order valence-corrected chi connectivity index (χ4v) is 2.64. The molecule has 0 aliphatic rings. The van der Waals surface area contributed by atoms with Crippen molar-refractivity contribution in [1.29, 1.82) is 0 Å². The van der Waals surface area contributed by atoms with Gasteiger partial charge in [-0.15, -0.1) is 13.2 Å². The molecule has 2 aromatic carbocycles. The zero-order valence-electron chi connectivity index (χ0n) is 18.8. The predicted octanol–water partition coefficient (Wildman–Crippen LogP) is 5.15. The lowest BCUT2D eigenvalue weighted by Gasteiger charge is -2.12. The summed E-state index contributed by atoms with van der Waals surface area (Å²) in [5.74, 6) is -1.76. The van der Waals surface area contributed by atoms with Crippen molar-refractivity contribution in [3.8, 4) is 11.5 Å². The van der Waals surface area contributed by atoms with E-state index >= 15 is 0 Å². The van der Waals surface area contributed by atoms with Gasteiger partial charge in [0.2, 0.25) is 0 Å². The lowest BCUT2D eigenvalue weighted by atomic mass is 10.1. The van der Waals surface area contributed by atoms with Gasteiger partial charge in [0.1, 0.15) is 17.2 Å². The molecule has 0 heterocycles. The molecule has 0 saturated heterocycles. The highest BCUT2D eigenvalue weighted by atomic mass is 19.4. The van der Waals surface area contributed by atoms with Gasteiger partial charge in [-0.2, -0.15) is 13.2 Å². The van der Waals surface area contributed by atoms with E-state index in [4.69, 9.17) is 9.57 Å². The first-order valence-electron chi connectivity index (χ1n) is 10.5. The summed E-state index contributed by atoms with van der Waals surface area (Å²) in [6, 6.07) is 10.0. The Balaban J connectivity index is 2.09. The summed E-state index contributed by atoms with van der Waals surface area (Å²) in [7, 11) is 0. The van der Waals surface area contributed by atoms with Crippen LogP contribution in [-0.2, 0) is 9.63 Å². The van der Waals surface area contributed by atoms with E-state index in [0.717, 1.165) is 12.1 Å². The number of alkyl halides is 6. The summed E-state index contributed by atoms with van der Waals surface area (Å²) in [4.78, 5) is 29.9. The normalized spacial score (nSPS) is 12.1. The Labute approximate surface area is 202 Å². The van der Waals surface area contributed by atoms with E-state index in [1.54, 1.807) is 6.92 Å². The van der Waals surface area contributed by atoms with E-state index in [0.29, 0.717) is 0 Å². The van der Waals surface area contributed by atoms with Gasteiger partial charge in [0.25, 0.3) is 11.8 Å². The standard InChI is InChI=1S/C23H22F6N2O5/c1-2-35-31-21(33)19(14-15-4-8-18(9-5-15)36-23(27,28)29)30-20(32)16-6-10-17(11-7-16)34-13-3-12-22(24,25)26/h4-11,14H,2-3,12-13H2,1H3,(H,30,32)(H,31,33). The van der Waals surface area contributed by atoms with Crippen molar-refractivity contribution < 1.29 is 50.2 Å². The number of halogens is 6. The molecule has 2 rings (SSSR count). The number of amides is 2. The second-order valence-corrected chi connectivity index (χ2v) is 7.08. The molecule has 0 fully saturated rings. The van der Waals surface area contributed by atoms with Crippen LogP contribution in [0.1, 0.15) is 35.7 Å².